The van der Waals surface area contributed by atoms with Gasteiger partial charge >= 0.3 is 0 Å². The second-order valence-electron chi connectivity index (χ2n) is 3.80. The average molecular weight is 232 g/mol. The Morgan fingerprint density at radius 2 is 2.24 bits per heavy atom. The summed E-state index contributed by atoms with van der Waals surface area (Å²) in [6, 6.07) is 7.88. The van der Waals surface area contributed by atoms with Crippen LogP contribution >= 0.6 is 0 Å². The highest BCUT2D eigenvalue weighted by molar-refractivity contribution is 5.63. The summed E-state index contributed by atoms with van der Waals surface area (Å²) in [7, 11) is 1.66. The summed E-state index contributed by atoms with van der Waals surface area (Å²) < 4.78 is 7.03. The van der Waals surface area contributed by atoms with E-state index in [1.807, 2.05) is 41.3 Å². The fourth-order valence-electron chi connectivity index (χ4n) is 1.67. The summed E-state index contributed by atoms with van der Waals surface area (Å²) in [5, 5.41) is 13.0. The van der Waals surface area contributed by atoms with Crippen LogP contribution in [0, 0.1) is 0 Å². The lowest BCUT2D eigenvalue weighted by Crippen LogP contribution is -1.99. The zero-order valence-corrected chi connectivity index (χ0v) is 9.84. The van der Waals surface area contributed by atoms with Crippen LogP contribution in [0.4, 0.5) is 0 Å². The fourth-order valence-corrected chi connectivity index (χ4v) is 1.67. The molecule has 0 saturated carbocycles. The van der Waals surface area contributed by atoms with Crippen molar-refractivity contribution in [3.05, 3.63) is 36.7 Å². The lowest BCUT2D eigenvalue weighted by molar-refractivity contribution is 0.277. The minimum atomic E-state index is 0.189. The van der Waals surface area contributed by atoms with E-state index >= 15 is 0 Å². The Balaban J connectivity index is 2.18. The van der Waals surface area contributed by atoms with Gasteiger partial charge < -0.3 is 9.84 Å². The molecule has 2 rings (SSSR count). The lowest BCUT2D eigenvalue weighted by Gasteiger charge is -2.02. The topological polar surface area (TPSA) is 47.3 Å². The number of aliphatic hydroxyl groups is 1. The zero-order chi connectivity index (χ0) is 12.1. The van der Waals surface area contributed by atoms with Crippen LogP contribution in [-0.2, 0) is 6.54 Å². The molecule has 0 spiro atoms. The molecule has 17 heavy (non-hydrogen) atoms. The normalized spacial score (nSPS) is 10.5. The average Bonchev–Trinajstić information content (AvgIpc) is 2.85. The maximum Gasteiger partial charge on any atom is 0.119 e. The summed E-state index contributed by atoms with van der Waals surface area (Å²) in [5.41, 5.74) is 2.14. The SMILES string of the molecule is COc1cccc(-c2cnn(CCCO)c2)c1. The van der Waals surface area contributed by atoms with Gasteiger partial charge in [0.15, 0.2) is 0 Å². The number of nitrogens with zero attached hydrogens (tertiary/aromatic N) is 2. The molecule has 0 fully saturated rings. The van der Waals surface area contributed by atoms with Crippen molar-refractivity contribution in [1.29, 1.82) is 0 Å². The quantitative estimate of drug-likeness (QED) is 0.857. The van der Waals surface area contributed by atoms with Crippen molar-refractivity contribution in [3.63, 3.8) is 0 Å². The van der Waals surface area contributed by atoms with Crippen molar-refractivity contribution < 1.29 is 9.84 Å². The van der Waals surface area contributed by atoms with E-state index in [-0.39, 0.29) is 6.61 Å². The molecular weight excluding hydrogens is 216 g/mol. The third-order valence-electron chi connectivity index (χ3n) is 2.58. The molecule has 2 aromatic rings. The van der Waals surface area contributed by atoms with Gasteiger partial charge in [-0.3, -0.25) is 4.68 Å². The van der Waals surface area contributed by atoms with Crippen molar-refractivity contribution in [3.8, 4) is 16.9 Å². The molecule has 1 heterocycles. The number of rotatable bonds is 5. The Labute approximate surface area is 100 Å². The first-order chi connectivity index (χ1) is 8.33. The summed E-state index contributed by atoms with van der Waals surface area (Å²) in [6.07, 6.45) is 4.52. The van der Waals surface area contributed by atoms with E-state index < -0.39 is 0 Å². The molecule has 4 heteroatoms. The second kappa shape index (κ2) is 5.50. The van der Waals surface area contributed by atoms with Crippen LogP contribution in [0.25, 0.3) is 11.1 Å². The molecule has 0 amide bonds. The Kier molecular flexibility index (Phi) is 3.77. The van der Waals surface area contributed by atoms with Crippen molar-refractivity contribution in [1.82, 2.24) is 9.78 Å². The largest absolute Gasteiger partial charge is 0.497 e. The molecule has 1 N–H and O–H groups in total. The van der Waals surface area contributed by atoms with Crippen LogP contribution in [-0.4, -0.2) is 28.6 Å². The second-order valence-corrected chi connectivity index (χ2v) is 3.80. The van der Waals surface area contributed by atoms with Gasteiger partial charge in [-0.2, -0.15) is 5.10 Å². The first kappa shape index (κ1) is 11.7. The van der Waals surface area contributed by atoms with Crippen LogP contribution in [0.1, 0.15) is 6.42 Å². The van der Waals surface area contributed by atoms with Gasteiger partial charge in [0.05, 0.1) is 13.3 Å². The molecule has 0 aliphatic rings. The van der Waals surface area contributed by atoms with Crippen LogP contribution < -0.4 is 4.74 Å². The molecule has 0 aliphatic carbocycles. The Hall–Kier alpha value is -1.81. The summed E-state index contributed by atoms with van der Waals surface area (Å²) in [5.74, 6) is 0.839. The Bertz CT molecular complexity index is 480. The monoisotopic (exact) mass is 232 g/mol. The van der Waals surface area contributed by atoms with E-state index in [9.17, 15) is 0 Å². The van der Waals surface area contributed by atoms with Crippen LogP contribution in [0.3, 0.4) is 0 Å². The van der Waals surface area contributed by atoms with Crippen LogP contribution in [0.5, 0.6) is 5.75 Å². The van der Waals surface area contributed by atoms with E-state index in [1.165, 1.54) is 0 Å². The molecule has 0 bridgehead atoms. The fraction of sp³-hybridized carbons (Fsp3) is 0.308. The number of aliphatic hydroxyl groups excluding tert-OH is 1. The van der Waals surface area contributed by atoms with Gasteiger partial charge in [-0.25, -0.2) is 0 Å². The number of hydrogen-bond acceptors (Lipinski definition) is 3. The van der Waals surface area contributed by atoms with E-state index in [0.29, 0.717) is 0 Å². The molecule has 0 saturated heterocycles. The summed E-state index contributed by atoms with van der Waals surface area (Å²) in [4.78, 5) is 0. The minimum absolute atomic E-state index is 0.189. The Morgan fingerprint density at radius 1 is 1.35 bits per heavy atom. The molecule has 4 nitrogen and oxygen atoms in total. The van der Waals surface area contributed by atoms with Crippen molar-refractivity contribution in [2.24, 2.45) is 0 Å². The molecule has 1 aromatic carbocycles. The highest BCUT2D eigenvalue weighted by Crippen LogP contribution is 2.23. The van der Waals surface area contributed by atoms with Crippen molar-refractivity contribution >= 4 is 0 Å². The smallest absolute Gasteiger partial charge is 0.119 e. The summed E-state index contributed by atoms with van der Waals surface area (Å²) >= 11 is 0. The van der Waals surface area contributed by atoms with Gasteiger partial charge in [0, 0.05) is 24.9 Å². The zero-order valence-electron chi connectivity index (χ0n) is 9.84. The highest BCUT2D eigenvalue weighted by atomic mass is 16.5. The van der Waals surface area contributed by atoms with Crippen molar-refractivity contribution in [2.75, 3.05) is 13.7 Å². The van der Waals surface area contributed by atoms with E-state index in [0.717, 1.165) is 29.8 Å². The third-order valence-corrected chi connectivity index (χ3v) is 2.58. The maximum absolute atomic E-state index is 8.76. The van der Waals surface area contributed by atoms with Gasteiger partial charge in [0.25, 0.3) is 0 Å². The number of ether oxygens (including phenoxy) is 1. The standard InChI is InChI=1S/C13H16N2O2/c1-17-13-5-2-4-11(8-13)12-9-14-15(10-12)6-3-7-16/h2,4-5,8-10,16H,3,6-7H2,1H3. The third kappa shape index (κ3) is 2.85. The first-order valence-corrected chi connectivity index (χ1v) is 5.61. The van der Waals surface area contributed by atoms with Gasteiger partial charge in [-0.05, 0) is 24.1 Å². The van der Waals surface area contributed by atoms with E-state index in [4.69, 9.17) is 9.84 Å². The Morgan fingerprint density at radius 3 is 3.00 bits per heavy atom. The first-order valence-electron chi connectivity index (χ1n) is 5.61. The molecule has 0 atom stereocenters. The van der Waals surface area contributed by atoms with Gasteiger partial charge in [0.1, 0.15) is 5.75 Å². The van der Waals surface area contributed by atoms with Gasteiger partial charge in [-0.1, -0.05) is 12.1 Å². The molecule has 90 valence electrons. The number of benzene rings is 1. The van der Waals surface area contributed by atoms with Crippen LogP contribution in [0.2, 0.25) is 0 Å². The predicted molar refractivity (Wildman–Crippen MR) is 65.9 cm³/mol. The maximum atomic E-state index is 8.76. The molecule has 0 aliphatic heterocycles. The molecule has 1 aromatic heterocycles. The lowest BCUT2D eigenvalue weighted by atomic mass is 10.1. The molecule has 0 radical (unpaired) electrons. The molecule has 0 unspecified atom stereocenters. The van der Waals surface area contributed by atoms with E-state index in [2.05, 4.69) is 5.10 Å². The molecular formula is C13H16N2O2. The predicted octanol–water partition coefficient (Wildman–Crippen LogP) is 1.94. The van der Waals surface area contributed by atoms with Gasteiger partial charge in [0.2, 0.25) is 0 Å². The number of aryl methyl sites for hydroxylation is 1. The highest BCUT2D eigenvalue weighted by Gasteiger charge is 2.02. The number of methoxy groups -OCH3 is 1. The van der Waals surface area contributed by atoms with E-state index in [1.54, 1.807) is 7.11 Å². The number of hydrogen-bond donors (Lipinski definition) is 1. The van der Waals surface area contributed by atoms with Gasteiger partial charge in [-0.15, -0.1) is 0 Å². The van der Waals surface area contributed by atoms with Crippen LogP contribution in [0.15, 0.2) is 36.7 Å². The number of aromatic nitrogens is 2. The van der Waals surface area contributed by atoms with Crippen molar-refractivity contribution in [2.45, 2.75) is 13.0 Å². The summed E-state index contributed by atoms with van der Waals surface area (Å²) in [6.45, 7) is 0.925. The minimum Gasteiger partial charge on any atom is -0.497 e.